The Bertz CT molecular complexity index is 472. The molecule has 0 atom stereocenters. The number of anilines is 1. The number of nitrogens with two attached hydrogens (primary N) is 1. The van der Waals surface area contributed by atoms with Gasteiger partial charge in [0, 0.05) is 37.9 Å². The van der Waals surface area contributed by atoms with Crippen molar-refractivity contribution in [3.8, 4) is 11.5 Å². The molecule has 0 bridgehead atoms. The van der Waals surface area contributed by atoms with Gasteiger partial charge in [0.1, 0.15) is 0 Å². The van der Waals surface area contributed by atoms with Gasteiger partial charge in [-0.15, -0.1) is 0 Å². The van der Waals surface area contributed by atoms with Crippen LogP contribution in [0.25, 0.3) is 0 Å². The molecular formula is C12H15N3O2S. The van der Waals surface area contributed by atoms with Crippen LogP contribution in [-0.4, -0.2) is 43.0 Å². The number of rotatable bonds is 1. The summed E-state index contributed by atoms with van der Waals surface area (Å²) in [5.41, 5.74) is 6.78. The first-order chi connectivity index (χ1) is 8.74. The van der Waals surface area contributed by atoms with E-state index in [1.54, 1.807) is 0 Å². The highest BCUT2D eigenvalue weighted by molar-refractivity contribution is 7.80. The zero-order valence-corrected chi connectivity index (χ0v) is 10.8. The molecule has 0 radical (unpaired) electrons. The van der Waals surface area contributed by atoms with Crippen LogP contribution in [0.1, 0.15) is 0 Å². The van der Waals surface area contributed by atoms with Crippen molar-refractivity contribution in [3.63, 3.8) is 0 Å². The molecule has 0 unspecified atom stereocenters. The number of piperazine rings is 1. The number of hydrogen-bond acceptors (Lipinski definition) is 4. The second-order valence-electron chi connectivity index (χ2n) is 4.35. The first kappa shape index (κ1) is 11.4. The van der Waals surface area contributed by atoms with Crippen LogP contribution in [0.5, 0.6) is 11.5 Å². The average molecular weight is 265 g/mol. The van der Waals surface area contributed by atoms with E-state index in [1.165, 1.54) is 0 Å². The third-order valence-electron chi connectivity index (χ3n) is 3.31. The van der Waals surface area contributed by atoms with Crippen LogP contribution in [0.3, 0.4) is 0 Å². The minimum absolute atomic E-state index is 0.314. The lowest BCUT2D eigenvalue weighted by Crippen LogP contribution is -2.50. The molecule has 0 aliphatic carbocycles. The van der Waals surface area contributed by atoms with Crippen molar-refractivity contribution in [1.82, 2.24) is 4.90 Å². The fraction of sp³-hybridized carbons (Fsp3) is 0.417. The summed E-state index contributed by atoms with van der Waals surface area (Å²) in [7, 11) is 0. The highest BCUT2D eigenvalue weighted by atomic mass is 32.1. The van der Waals surface area contributed by atoms with E-state index in [2.05, 4.69) is 11.0 Å². The summed E-state index contributed by atoms with van der Waals surface area (Å²) in [6, 6.07) is 6.04. The van der Waals surface area contributed by atoms with Crippen molar-refractivity contribution in [2.45, 2.75) is 0 Å². The Balaban J connectivity index is 1.71. The fourth-order valence-electron chi connectivity index (χ4n) is 2.27. The van der Waals surface area contributed by atoms with E-state index in [4.69, 9.17) is 27.4 Å². The predicted octanol–water partition coefficient (Wildman–Crippen LogP) is 0.781. The maximum absolute atomic E-state index is 5.63. The Morgan fingerprint density at radius 3 is 2.56 bits per heavy atom. The summed E-state index contributed by atoms with van der Waals surface area (Å²) >= 11 is 4.98. The lowest BCUT2D eigenvalue weighted by atomic mass is 10.2. The Morgan fingerprint density at radius 1 is 1.11 bits per heavy atom. The van der Waals surface area contributed by atoms with Gasteiger partial charge in [-0.3, -0.25) is 0 Å². The summed E-state index contributed by atoms with van der Waals surface area (Å²) in [6.07, 6.45) is 0. The van der Waals surface area contributed by atoms with Gasteiger partial charge in [-0.1, -0.05) is 0 Å². The van der Waals surface area contributed by atoms with E-state index in [-0.39, 0.29) is 0 Å². The molecule has 2 aliphatic rings. The Labute approximate surface area is 111 Å². The Kier molecular flexibility index (Phi) is 2.87. The molecule has 1 aromatic rings. The van der Waals surface area contributed by atoms with E-state index in [9.17, 15) is 0 Å². The molecule has 18 heavy (non-hydrogen) atoms. The zero-order chi connectivity index (χ0) is 12.5. The van der Waals surface area contributed by atoms with E-state index in [1.807, 2.05) is 17.0 Å². The molecule has 0 amide bonds. The molecule has 0 saturated carbocycles. The lowest BCUT2D eigenvalue weighted by molar-refractivity contribution is 0.174. The zero-order valence-electron chi connectivity index (χ0n) is 9.96. The first-order valence-electron chi connectivity index (χ1n) is 5.93. The molecule has 1 aromatic carbocycles. The summed E-state index contributed by atoms with van der Waals surface area (Å²) in [5, 5.41) is 0.486. The third-order valence-corrected chi connectivity index (χ3v) is 3.57. The van der Waals surface area contributed by atoms with Crippen LogP contribution < -0.4 is 20.1 Å². The number of ether oxygens (including phenoxy) is 2. The molecular weight excluding hydrogens is 250 g/mol. The standard InChI is InChI=1S/C12H15N3O2S/c13-12(18)15-5-3-14(4-6-15)9-1-2-10-11(7-9)17-8-16-10/h1-2,7H,3-6,8H2,(H2,13,18). The van der Waals surface area contributed by atoms with Gasteiger partial charge in [-0.2, -0.15) is 0 Å². The quantitative estimate of drug-likeness (QED) is 0.757. The SMILES string of the molecule is NC(=S)N1CCN(c2ccc3c(c2)OCO3)CC1. The topological polar surface area (TPSA) is 51.0 Å². The lowest BCUT2D eigenvalue weighted by Gasteiger charge is -2.36. The average Bonchev–Trinajstić information content (AvgIpc) is 2.86. The van der Waals surface area contributed by atoms with Gasteiger partial charge in [0.05, 0.1) is 0 Å². The summed E-state index contributed by atoms with van der Waals surface area (Å²) in [5.74, 6) is 1.64. The molecule has 0 spiro atoms. The summed E-state index contributed by atoms with van der Waals surface area (Å²) in [6.45, 7) is 3.87. The molecule has 2 aliphatic heterocycles. The number of thiocarbonyl (C=S) groups is 1. The highest BCUT2D eigenvalue weighted by Crippen LogP contribution is 2.35. The smallest absolute Gasteiger partial charge is 0.231 e. The Hall–Kier alpha value is -1.69. The van der Waals surface area contributed by atoms with Gasteiger partial charge >= 0.3 is 0 Å². The fourth-order valence-corrected chi connectivity index (χ4v) is 2.45. The second-order valence-corrected chi connectivity index (χ2v) is 4.77. The van der Waals surface area contributed by atoms with Crippen molar-refractivity contribution in [2.24, 2.45) is 5.73 Å². The predicted molar refractivity (Wildman–Crippen MR) is 73.1 cm³/mol. The maximum atomic E-state index is 5.63. The molecule has 0 aromatic heterocycles. The van der Waals surface area contributed by atoms with Crippen molar-refractivity contribution < 1.29 is 9.47 Å². The number of benzene rings is 1. The molecule has 96 valence electrons. The van der Waals surface area contributed by atoms with Crippen molar-refractivity contribution in [1.29, 1.82) is 0 Å². The monoisotopic (exact) mass is 265 g/mol. The third kappa shape index (κ3) is 2.03. The molecule has 2 N–H and O–H groups in total. The number of fused-ring (bicyclic) bond motifs is 1. The van der Waals surface area contributed by atoms with Crippen LogP contribution >= 0.6 is 12.2 Å². The molecule has 6 heteroatoms. The van der Waals surface area contributed by atoms with Crippen LogP contribution in [-0.2, 0) is 0 Å². The van der Waals surface area contributed by atoms with Gasteiger partial charge in [0.15, 0.2) is 16.6 Å². The van der Waals surface area contributed by atoms with Crippen molar-refractivity contribution in [2.75, 3.05) is 37.9 Å². The number of hydrogen-bond donors (Lipinski definition) is 1. The highest BCUT2D eigenvalue weighted by Gasteiger charge is 2.20. The van der Waals surface area contributed by atoms with Gasteiger partial charge in [-0.25, -0.2) is 0 Å². The van der Waals surface area contributed by atoms with Gasteiger partial charge in [0.2, 0.25) is 6.79 Å². The van der Waals surface area contributed by atoms with E-state index < -0.39 is 0 Å². The molecule has 1 fully saturated rings. The van der Waals surface area contributed by atoms with E-state index in [0.29, 0.717) is 11.9 Å². The van der Waals surface area contributed by atoms with Gasteiger partial charge in [-0.05, 0) is 24.4 Å². The van der Waals surface area contributed by atoms with Crippen LogP contribution in [0.4, 0.5) is 5.69 Å². The van der Waals surface area contributed by atoms with Gasteiger partial charge in [0.25, 0.3) is 0 Å². The van der Waals surface area contributed by atoms with Gasteiger partial charge < -0.3 is 25.0 Å². The second kappa shape index (κ2) is 4.53. The summed E-state index contributed by atoms with van der Waals surface area (Å²) in [4.78, 5) is 4.33. The van der Waals surface area contributed by atoms with E-state index in [0.717, 1.165) is 43.4 Å². The molecule has 1 saturated heterocycles. The first-order valence-corrected chi connectivity index (χ1v) is 6.34. The normalized spacial score (nSPS) is 18.0. The largest absolute Gasteiger partial charge is 0.454 e. The maximum Gasteiger partial charge on any atom is 0.231 e. The van der Waals surface area contributed by atoms with Crippen LogP contribution in [0, 0.1) is 0 Å². The Morgan fingerprint density at radius 2 is 1.83 bits per heavy atom. The summed E-state index contributed by atoms with van der Waals surface area (Å²) < 4.78 is 10.7. The van der Waals surface area contributed by atoms with Crippen LogP contribution in [0.15, 0.2) is 18.2 Å². The number of nitrogens with zero attached hydrogens (tertiary/aromatic N) is 2. The minimum Gasteiger partial charge on any atom is -0.454 e. The molecule has 2 heterocycles. The van der Waals surface area contributed by atoms with E-state index >= 15 is 0 Å². The van der Waals surface area contributed by atoms with Crippen LogP contribution in [0.2, 0.25) is 0 Å². The molecule has 3 rings (SSSR count). The molecule has 5 nitrogen and oxygen atoms in total. The van der Waals surface area contributed by atoms with Crippen molar-refractivity contribution >= 4 is 23.0 Å². The van der Waals surface area contributed by atoms with Crippen molar-refractivity contribution in [3.05, 3.63) is 18.2 Å². The minimum atomic E-state index is 0.314.